The predicted octanol–water partition coefficient (Wildman–Crippen LogP) is 4.17. The number of aromatic carboxylic acids is 1. The number of carbonyl (C=O) groups excluding carboxylic acids is 3. The van der Waals surface area contributed by atoms with Crippen LogP contribution in [0, 0.1) is 3.57 Å². The highest BCUT2D eigenvalue weighted by Crippen LogP contribution is 2.38. The van der Waals surface area contributed by atoms with Crippen molar-refractivity contribution in [2.75, 3.05) is 14.2 Å². The van der Waals surface area contributed by atoms with E-state index in [1.165, 1.54) is 33.3 Å². The second-order valence-corrected chi connectivity index (χ2v) is 9.23. The second-order valence-electron chi connectivity index (χ2n) is 7.08. The minimum absolute atomic E-state index is 0.122. The summed E-state index contributed by atoms with van der Waals surface area (Å²) in [6.07, 6.45) is 1.54. The number of nitrogens with zero attached hydrogens (tertiary/aromatic N) is 1. The molecule has 34 heavy (non-hydrogen) atoms. The number of imide groups is 1. The lowest BCUT2D eigenvalue weighted by molar-refractivity contribution is -0.148. The molecule has 178 valence electrons. The van der Waals surface area contributed by atoms with E-state index >= 15 is 0 Å². The van der Waals surface area contributed by atoms with Crippen LogP contribution in [0.4, 0.5) is 4.79 Å². The summed E-state index contributed by atoms with van der Waals surface area (Å²) in [4.78, 5) is 49.0. The van der Waals surface area contributed by atoms with Gasteiger partial charge in [0.25, 0.3) is 11.1 Å². The first kappa shape index (κ1) is 25.6. The Morgan fingerprint density at radius 2 is 1.94 bits per heavy atom. The molecule has 1 saturated heterocycles. The van der Waals surface area contributed by atoms with Crippen LogP contribution < -0.4 is 9.47 Å². The number of rotatable bonds is 8. The van der Waals surface area contributed by atoms with Crippen molar-refractivity contribution in [1.29, 1.82) is 0 Å². The Morgan fingerprint density at radius 1 is 1.21 bits per heavy atom. The van der Waals surface area contributed by atoms with Gasteiger partial charge in [0.05, 0.1) is 28.3 Å². The first-order valence-corrected chi connectivity index (χ1v) is 11.7. The van der Waals surface area contributed by atoms with E-state index in [2.05, 4.69) is 27.3 Å². The van der Waals surface area contributed by atoms with Gasteiger partial charge in [-0.3, -0.25) is 14.5 Å². The number of benzene rings is 2. The number of ether oxygens (including phenoxy) is 3. The molecule has 0 saturated carbocycles. The SMILES string of the molecule is COC(=O)[C@@H](C)N1C(=O)S/C(=C/c2cc(I)c(OCc3cccc(C(=O)O)c3)c(OC)c2)C1=O. The van der Waals surface area contributed by atoms with Crippen LogP contribution in [0.2, 0.25) is 0 Å². The van der Waals surface area contributed by atoms with E-state index in [9.17, 15) is 19.2 Å². The lowest BCUT2D eigenvalue weighted by atomic mass is 10.1. The van der Waals surface area contributed by atoms with Crippen LogP contribution in [0.25, 0.3) is 6.08 Å². The molecule has 0 aromatic heterocycles. The average Bonchev–Trinajstić information content (AvgIpc) is 3.09. The lowest BCUT2D eigenvalue weighted by Crippen LogP contribution is -2.42. The fraction of sp³-hybridized carbons (Fsp3) is 0.217. The van der Waals surface area contributed by atoms with Gasteiger partial charge in [-0.25, -0.2) is 9.59 Å². The predicted molar refractivity (Wildman–Crippen MR) is 133 cm³/mol. The Labute approximate surface area is 213 Å². The van der Waals surface area contributed by atoms with Crippen LogP contribution in [0.3, 0.4) is 0 Å². The highest BCUT2D eigenvalue weighted by molar-refractivity contribution is 14.1. The Hall–Kier alpha value is -3.06. The molecule has 2 aromatic carbocycles. The van der Waals surface area contributed by atoms with Gasteiger partial charge in [0.1, 0.15) is 12.6 Å². The zero-order valence-electron chi connectivity index (χ0n) is 18.4. The summed E-state index contributed by atoms with van der Waals surface area (Å²) in [6, 6.07) is 8.80. The highest BCUT2D eigenvalue weighted by atomic mass is 127. The average molecular weight is 597 g/mol. The van der Waals surface area contributed by atoms with Crippen molar-refractivity contribution >= 4 is 63.5 Å². The molecule has 0 radical (unpaired) electrons. The third-order valence-corrected chi connectivity index (χ3v) is 6.54. The number of halogens is 1. The van der Waals surface area contributed by atoms with Crippen LogP contribution in [-0.2, 0) is 20.9 Å². The Morgan fingerprint density at radius 3 is 2.59 bits per heavy atom. The van der Waals surface area contributed by atoms with E-state index < -0.39 is 29.1 Å². The van der Waals surface area contributed by atoms with Crippen LogP contribution in [0.1, 0.15) is 28.4 Å². The number of esters is 1. The summed E-state index contributed by atoms with van der Waals surface area (Å²) >= 11 is 2.80. The van der Waals surface area contributed by atoms with Crippen LogP contribution >= 0.6 is 34.4 Å². The quantitative estimate of drug-likeness (QED) is 0.272. The number of hydrogen-bond donors (Lipinski definition) is 1. The maximum atomic E-state index is 12.7. The summed E-state index contributed by atoms with van der Waals surface area (Å²) < 4.78 is 16.7. The van der Waals surface area contributed by atoms with Gasteiger partial charge in [-0.05, 0) is 82.7 Å². The Bertz CT molecular complexity index is 1200. The maximum Gasteiger partial charge on any atom is 0.335 e. The smallest absolute Gasteiger partial charge is 0.335 e. The van der Waals surface area contributed by atoms with Crippen molar-refractivity contribution in [3.05, 3.63) is 61.6 Å². The molecule has 2 amide bonds. The molecule has 1 fully saturated rings. The summed E-state index contributed by atoms with van der Waals surface area (Å²) in [5.41, 5.74) is 1.43. The number of methoxy groups -OCH3 is 2. The number of amides is 2. The minimum atomic E-state index is -1.03. The molecular weight excluding hydrogens is 577 g/mol. The number of carboxylic acids is 1. The number of carboxylic acid groups (broad SMARTS) is 1. The Kier molecular flexibility index (Phi) is 8.20. The van der Waals surface area contributed by atoms with Crippen LogP contribution in [-0.4, -0.2) is 53.4 Å². The monoisotopic (exact) mass is 597 g/mol. The summed E-state index contributed by atoms with van der Waals surface area (Å²) in [6.45, 7) is 1.55. The maximum absolute atomic E-state index is 12.7. The molecule has 0 unspecified atom stereocenters. The van der Waals surface area contributed by atoms with Crippen LogP contribution in [0.15, 0.2) is 41.3 Å². The molecule has 1 aliphatic heterocycles. The zero-order valence-corrected chi connectivity index (χ0v) is 21.3. The van der Waals surface area contributed by atoms with E-state index in [1.807, 2.05) is 0 Å². The largest absolute Gasteiger partial charge is 0.493 e. The molecule has 3 rings (SSSR count). The molecule has 1 heterocycles. The van der Waals surface area contributed by atoms with Gasteiger partial charge in [0.2, 0.25) is 0 Å². The summed E-state index contributed by atoms with van der Waals surface area (Å²) in [7, 11) is 2.66. The molecule has 2 aromatic rings. The molecule has 1 atom stereocenters. The first-order chi connectivity index (χ1) is 16.2. The normalized spacial score (nSPS) is 15.4. The van der Waals surface area contributed by atoms with Crippen LogP contribution in [0.5, 0.6) is 11.5 Å². The molecule has 0 spiro atoms. The van der Waals surface area contributed by atoms with Gasteiger partial charge in [-0.15, -0.1) is 0 Å². The zero-order chi connectivity index (χ0) is 25.0. The van der Waals surface area contributed by atoms with Crippen molar-refractivity contribution in [3.8, 4) is 11.5 Å². The molecule has 11 heteroatoms. The number of thioether (sulfide) groups is 1. The fourth-order valence-corrected chi connectivity index (χ4v) is 4.84. The molecule has 0 bridgehead atoms. The summed E-state index contributed by atoms with van der Waals surface area (Å²) in [5.74, 6) is -1.44. The van der Waals surface area contributed by atoms with Crippen molar-refractivity contribution < 1.29 is 38.5 Å². The van der Waals surface area contributed by atoms with Gasteiger partial charge in [0.15, 0.2) is 11.5 Å². The third-order valence-electron chi connectivity index (χ3n) is 4.86. The second kappa shape index (κ2) is 10.9. The van der Waals surface area contributed by atoms with E-state index in [4.69, 9.17) is 14.6 Å². The van der Waals surface area contributed by atoms with Crippen molar-refractivity contribution in [3.63, 3.8) is 0 Å². The van der Waals surface area contributed by atoms with Gasteiger partial charge >= 0.3 is 11.9 Å². The highest BCUT2D eigenvalue weighted by Gasteiger charge is 2.41. The molecule has 1 aliphatic rings. The van der Waals surface area contributed by atoms with Gasteiger partial charge < -0.3 is 19.3 Å². The van der Waals surface area contributed by atoms with Crippen molar-refractivity contribution in [2.24, 2.45) is 0 Å². The van der Waals surface area contributed by atoms with Gasteiger partial charge in [-0.2, -0.15) is 0 Å². The van der Waals surface area contributed by atoms with E-state index in [0.717, 1.165) is 16.7 Å². The van der Waals surface area contributed by atoms with Gasteiger partial charge in [0, 0.05) is 0 Å². The minimum Gasteiger partial charge on any atom is -0.493 e. The molecular formula is C23H20INO8S. The van der Waals surface area contributed by atoms with E-state index in [-0.39, 0.29) is 17.1 Å². The van der Waals surface area contributed by atoms with Crippen molar-refractivity contribution in [1.82, 2.24) is 4.90 Å². The summed E-state index contributed by atoms with van der Waals surface area (Å²) in [5, 5.41) is 8.59. The van der Waals surface area contributed by atoms with Crippen molar-refractivity contribution in [2.45, 2.75) is 19.6 Å². The first-order valence-electron chi connectivity index (χ1n) is 9.83. The molecule has 0 aliphatic carbocycles. The number of hydrogen-bond acceptors (Lipinski definition) is 8. The third kappa shape index (κ3) is 5.53. The van der Waals surface area contributed by atoms with E-state index in [1.54, 1.807) is 30.3 Å². The Balaban J connectivity index is 1.83. The number of carbonyl (C=O) groups is 4. The van der Waals surface area contributed by atoms with E-state index in [0.29, 0.717) is 26.2 Å². The lowest BCUT2D eigenvalue weighted by Gasteiger charge is -2.18. The standard InChI is InChI=1S/C23H20INO8S/c1-12(22(29)32-3)25-20(26)18(34-23(25)30)10-14-8-16(24)19(17(9-14)31-2)33-11-13-5-4-6-15(7-13)21(27)28/h4-10,12H,11H2,1-3H3,(H,27,28)/b18-10+/t12-/m1/s1. The molecule has 9 nitrogen and oxygen atoms in total. The topological polar surface area (TPSA) is 119 Å². The van der Waals surface area contributed by atoms with Gasteiger partial charge in [-0.1, -0.05) is 12.1 Å². The molecule has 1 N–H and O–H groups in total. The fourth-order valence-electron chi connectivity index (χ4n) is 3.15.